The predicted molar refractivity (Wildman–Crippen MR) is 94.2 cm³/mol. The third-order valence-corrected chi connectivity index (χ3v) is 3.97. The molecule has 2 rings (SSSR count). The Hall–Kier alpha value is -2.08. The summed E-state index contributed by atoms with van der Waals surface area (Å²) in [6.45, 7) is 4.36. The van der Waals surface area contributed by atoms with E-state index in [2.05, 4.69) is 22.9 Å². The zero-order valence-corrected chi connectivity index (χ0v) is 14.3. The normalized spacial score (nSPS) is 16.6. The molecule has 1 heterocycles. The van der Waals surface area contributed by atoms with Crippen LogP contribution < -0.4 is 16.0 Å². The lowest BCUT2D eigenvalue weighted by atomic mass is 10.2. The molecule has 2 amide bonds. The number of ether oxygens (including phenoxy) is 1. The average molecular weight is 333 g/mol. The van der Waals surface area contributed by atoms with Crippen molar-refractivity contribution < 1.29 is 14.3 Å². The second-order valence-corrected chi connectivity index (χ2v) is 5.98. The van der Waals surface area contributed by atoms with Crippen molar-refractivity contribution in [3.8, 4) is 0 Å². The summed E-state index contributed by atoms with van der Waals surface area (Å²) in [5.41, 5.74) is 1.42. The van der Waals surface area contributed by atoms with Crippen molar-refractivity contribution in [1.29, 1.82) is 0 Å². The molecule has 1 fully saturated rings. The molecule has 132 valence electrons. The van der Waals surface area contributed by atoms with E-state index in [1.165, 1.54) is 0 Å². The van der Waals surface area contributed by atoms with Crippen LogP contribution in [0.2, 0.25) is 0 Å². The van der Waals surface area contributed by atoms with Gasteiger partial charge in [-0.2, -0.15) is 0 Å². The van der Waals surface area contributed by atoms with E-state index in [1.54, 1.807) is 24.3 Å². The maximum absolute atomic E-state index is 12.1. The van der Waals surface area contributed by atoms with E-state index >= 15 is 0 Å². The van der Waals surface area contributed by atoms with Crippen LogP contribution in [0.5, 0.6) is 0 Å². The second kappa shape index (κ2) is 9.93. The van der Waals surface area contributed by atoms with Crippen LogP contribution in [0.3, 0.4) is 0 Å². The van der Waals surface area contributed by atoms with E-state index in [0.29, 0.717) is 18.7 Å². The standard InChI is InChI=1S/C18H27N3O3/c1-2-3-10-19-17(22)13-20-15-8-6-14(7-9-15)18(23)21-12-16-5-4-11-24-16/h6-9,16,20H,2-5,10-13H2,1H3,(H,19,22)(H,21,23). The SMILES string of the molecule is CCCCNC(=O)CNc1ccc(C(=O)NCC2CCCO2)cc1. The van der Waals surface area contributed by atoms with Gasteiger partial charge in [-0.1, -0.05) is 13.3 Å². The topological polar surface area (TPSA) is 79.5 Å². The van der Waals surface area contributed by atoms with E-state index < -0.39 is 0 Å². The first kappa shape index (κ1) is 18.3. The van der Waals surface area contributed by atoms with Gasteiger partial charge in [0.25, 0.3) is 5.91 Å². The molecule has 0 saturated carbocycles. The molecule has 6 nitrogen and oxygen atoms in total. The fourth-order valence-corrected chi connectivity index (χ4v) is 2.50. The molecule has 1 unspecified atom stereocenters. The van der Waals surface area contributed by atoms with E-state index in [4.69, 9.17) is 4.74 Å². The molecular weight excluding hydrogens is 306 g/mol. The van der Waals surface area contributed by atoms with Crippen LogP contribution in [-0.4, -0.2) is 44.2 Å². The van der Waals surface area contributed by atoms with Crippen LogP contribution in [0.25, 0.3) is 0 Å². The predicted octanol–water partition coefficient (Wildman–Crippen LogP) is 1.92. The molecule has 1 saturated heterocycles. The van der Waals surface area contributed by atoms with Gasteiger partial charge in [0.15, 0.2) is 0 Å². The number of amides is 2. The van der Waals surface area contributed by atoms with Crippen LogP contribution in [0.4, 0.5) is 5.69 Å². The van der Waals surface area contributed by atoms with Crippen LogP contribution in [0, 0.1) is 0 Å². The van der Waals surface area contributed by atoms with Crippen molar-refractivity contribution in [3.05, 3.63) is 29.8 Å². The van der Waals surface area contributed by atoms with Gasteiger partial charge >= 0.3 is 0 Å². The molecule has 0 radical (unpaired) electrons. The van der Waals surface area contributed by atoms with Crippen LogP contribution >= 0.6 is 0 Å². The Morgan fingerprint density at radius 2 is 2.00 bits per heavy atom. The Kier molecular flexibility index (Phi) is 7.55. The number of anilines is 1. The maximum Gasteiger partial charge on any atom is 0.251 e. The van der Waals surface area contributed by atoms with Crippen molar-refractivity contribution in [1.82, 2.24) is 10.6 Å². The summed E-state index contributed by atoms with van der Waals surface area (Å²) >= 11 is 0. The lowest BCUT2D eigenvalue weighted by Gasteiger charge is -2.11. The lowest BCUT2D eigenvalue weighted by Crippen LogP contribution is -2.31. The monoisotopic (exact) mass is 333 g/mol. The number of unbranched alkanes of at least 4 members (excludes halogenated alkanes) is 1. The Bertz CT molecular complexity index is 525. The number of hydrogen-bond donors (Lipinski definition) is 3. The first-order chi connectivity index (χ1) is 11.7. The number of benzene rings is 1. The minimum atomic E-state index is -0.102. The highest BCUT2D eigenvalue weighted by molar-refractivity contribution is 5.94. The lowest BCUT2D eigenvalue weighted by molar-refractivity contribution is -0.119. The minimum absolute atomic E-state index is 0.0261. The molecule has 0 aliphatic carbocycles. The van der Waals surface area contributed by atoms with Crippen molar-refractivity contribution in [2.45, 2.75) is 38.7 Å². The summed E-state index contributed by atoms with van der Waals surface area (Å²) in [6, 6.07) is 7.12. The number of hydrogen-bond acceptors (Lipinski definition) is 4. The molecule has 24 heavy (non-hydrogen) atoms. The van der Waals surface area contributed by atoms with E-state index in [9.17, 15) is 9.59 Å². The third-order valence-electron chi connectivity index (χ3n) is 3.97. The summed E-state index contributed by atoms with van der Waals surface area (Å²) < 4.78 is 5.49. The molecule has 3 N–H and O–H groups in total. The first-order valence-corrected chi connectivity index (χ1v) is 8.69. The fraction of sp³-hybridized carbons (Fsp3) is 0.556. The van der Waals surface area contributed by atoms with E-state index in [0.717, 1.165) is 38.0 Å². The molecule has 1 aromatic carbocycles. The van der Waals surface area contributed by atoms with Gasteiger partial charge in [-0.05, 0) is 43.5 Å². The second-order valence-electron chi connectivity index (χ2n) is 5.98. The Morgan fingerprint density at radius 3 is 2.67 bits per heavy atom. The van der Waals surface area contributed by atoms with Crippen molar-refractivity contribution in [3.63, 3.8) is 0 Å². The quantitative estimate of drug-likeness (QED) is 0.603. The van der Waals surface area contributed by atoms with Crippen molar-refractivity contribution in [2.75, 3.05) is 31.6 Å². The zero-order valence-electron chi connectivity index (χ0n) is 14.3. The highest BCUT2D eigenvalue weighted by Gasteiger charge is 2.16. The van der Waals surface area contributed by atoms with Crippen LogP contribution in [0.15, 0.2) is 24.3 Å². The molecule has 0 aromatic heterocycles. The largest absolute Gasteiger partial charge is 0.376 e. The number of rotatable bonds is 9. The summed E-state index contributed by atoms with van der Waals surface area (Å²) in [4.78, 5) is 23.7. The molecule has 1 aliphatic heterocycles. The molecule has 0 bridgehead atoms. The average Bonchev–Trinajstić information content (AvgIpc) is 3.12. The van der Waals surface area contributed by atoms with Crippen LogP contribution in [-0.2, 0) is 9.53 Å². The molecule has 6 heteroatoms. The van der Waals surface area contributed by atoms with Crippen LogP contribution in [0.1, 0.15) is 43.0 Å². The van der Waals surface area contributed by atoms with Gasteiger partial charge in [-0.15, -0.1) is 0 Å². The van der Waals surface area contributed by atoms with Gasteiger partial charge in [0, 0.05) is 30.9 Å². The number of nitrogens with one attached hydrogen (secondary N) is 3. The third kappa shape index (κ3) is 6.20. The van der Waals surface area contributed by atoms with Gasteiger partial charge in [0.2, 0.25) is 5.91 Å². The summed E-state index contributed by atoms with van der Waals surface area (Å²) in [6.07, 6.45) is 4.25. The molecule has 1 atom stereocenters. The highest BCUT2D eigenvalue weighted by Crippen LogP contribution is 2.12. The highest BCUT2D eigenvalue weighted by atomic mass is 16.5. The number of carbonyl (C=O) groups excluding carboxylic acids is 2. The van der Waals surface area contributed by atoms with Crippen molar-refractivity contribution in [2.24, 2.45) is 0 Å². The van der Waals surface area contributed by atoms with E-state index in [1.807, 2.05) is 0 Å². The zero-order chi connectivity index (χ0) is 17.2. The molecule has 1 aromatic rings. The van der Waals surface area contributed by atoms with Crippen molar-refractivity contribution >= 4 is 17.5 Å². The summed E-state index contributed by atoms with van der Waals surface area (Å²) in [5, 5.41) is 8.79. The minimum Gasteiger partial charge on any atom is -0.376 e. The first-order valence-electron chi connectivity index (χ1n) is 8.69. The van der Waals surface area contributed by atoms with Gasteiger partial charge in [-0.3, -0.25) is 9.59 Å². The maximum atomic E-state index is 12.1. The van der Waals surface area contributed by atoms with E-state index in [-0.39, 0.29) is 24.5 Å². The summed E-state index contributed by atoms with van der Waals surface area (Å²) in [5.74, 6) is -0.129. The Morgan fingerprint density at radius 1 is 1.21 bits per heavy atom. The summed E-state index contributed by atoms with van der Waals surface area (Å²) in [7, 11) is 0. The fourth-order valence-electron chi connectivity index (χ4n) is 2.50. The van der Waals surface area contributed by atoms with Gasteiger partial charge in [-0.25, -0.2) is 0 Å². The molecule has 0 spiro atoms. The van der Waals surface area contributed by atoms with Gasteiger partial charge in [0.1, 0.15) is 0 Å². The Balaban J connectivity index is 1.71. The van der Waals surface area contributed by atoms with Gasteiger partial charge in [0.05, 0.1) is 12.6 Å². The van der Waals surface area contributed by atoms with Gasteiger partial charge < -0.3 is 20.7 Å². The molecule has 1 aliphatic rings. The molecular formula is C18H27N3O3. The number of carbonyl (C=O) groups is 2. The smallest absolute Gasteiger partial charge is 0.251 e. The Labute approximate surface area is 143 Å².